The summed E-state index contributed by atoms with van der Waals surface area (Å²) in [4.78, 5) is 25.8. The van der Waals surface area contributed by atoms with Gasteiger partial charge in [0.1, 0.15) is 0 Å². The van der Waals surface area contributed by atoms with E-state index in [-0.39, 0.29) is 38.3 Å². The van der Waals surface area contributed by atoms with E-state index in [1.807, 2.05) is 62.4 Å². The summed E-state index contributed by atoms with van der Waals surface area (Å²) in [5.74, 6) is 0. The number of carbonyl (C=O) groups excluding carboxylic acids is 2. The minimum atomic E-state index is -0.346. The number of aliphatic hydroxyl groups is 1. The molecule has 0 heterocycles. The van der Waals surface area contributed by atoms with Crippen molar-refractivity contribution in [1.29, 1.82) is 0 Å². The zero-order chi connectivity index (χ0) is 19.6. The highest BCUT2D eigenvalue weighted by Crippen LogP contribution is 2.10. The van der Waals surface area contributed by atoms with Gasteiger partial charge in [0.15, 0.2) is 0 Å². The van der Waals surface area contributed by atoms with Crippen LogP contribution in [0.4, 0.5) is 21.0 Å². The minimum absolute atomic E-state index is 0.156. The van der Waals surface area contributed by atoms with Crippen molar-refractivity contribution < 1.29 is 14.7 Å². The second kappa shape index (κ2) is 10.2. The molecule has 7 nitrogen and oxygen atoms in total. The molecule has 0 fully saturated rings. The third-order valence-corrected chi connectivity index (χ3v) is 3.94. The van der Waals surface area contributed by atoms with Crippen LogP contribution in [-0.2, 0) is 0 Å². The fourth-order valence-electron chi connectivity index (χ4n) is 2.39. The molecule has 4 N–H and O–H groups in total. The topological polar surface area (TPSA) is 93.7 Å². The lowest BCUT2D eigenvalue weighted by Crippen LogP contribution is -2.43. The quantitative estimate of drug-likeness (QED) is 0.604. The molecule has 2 rings (SSSR count). The van der Waals surface area contributed by atoms with Crippen molar-refractivity contribution in [2.75, 3.05) is 36.9 Å². The number of anilines is 2. The molecule has 7 heteroatoms. The molecule has 2 aromatic carbocycles. The van der Waals surface area contributed by atoms with Gasteiger partial charge in [0.05, 0.1) is 6.61 Å². The average molecular weight is 370 g/mol. The molecule has 0 aliphatic carbocycles. The van der Waals surface area contributed by atoms with E-state index in [4.69, 9.17) is 0 Å². The molecule has 0 spiro atoms. The molecule has 0 saturated carbocycles. The van der Waals surface area contributed by atoms with Gasteiger partial charge < -0.3 is 26.0 Å². The highest BCUT2D eigenvalue weighted by atomic mass is 16.3. The second-order valence-corrected chi connectivity index (χ2v) is 6.25. The number of aryl methyl sites for hydroxylation is 2. The number of amides is 4. The number of benzene rings is 2. The molecular weight excluding hydrogens is 344 g/mol. The Morgan fingerprint density at radius 2 is 1.37 bits per heavy atom. The Bertz CT molecular complexity index is 745. The van der Waals surface area contributed by atoms with Gasteiger partial charge in [-0.2, -0.15) is 0 Å². The van der Waals surface area contributed by atoms with Crippen molar-refractivity contribution in [3.05, 3.63) is 59.7 Å². The average Bonchev–Trinajstić information content (AvgIpc) is 2.65. The lowest BCUT2D eigenvalue weighted by Gasteiger charge is -2.22. The molecule has 2 aromatic rings. The number of nitrogens with one attached hydrogen (secondary N) is 3. The molecule has 0 bridgehead atoms. The van der Waals surface area contributed by atoms with Crippen molar-refractivity contribution in [2.45, 2.75) is 13.8 Å². The molecular formula is C20H26N4O3. The number of nitrogens with zero attached hydrogens (tertiary/aromatic N) is 1. The van der Waals surface area contributed by atoms with Gasteiger partial charge in [-0.3, -0.25) is 0 Å². The van der Waals surface area contributed by atoms with E-state index < -0.39 is 0 Å². The highest BCUT2D eigenvalue weighted by Gasteiger charge is 2.13. The zero-order valence-electron chi connectivity index (χ0n) is 15.7. The van der Waals surface area contributed by atoms with E-state index in [1.165, 1.54) is 4.90 Å². The Morgan fingerprint density at radius 1 is 0.852 bits per heavy atom. The molecule has 0 aliphatic heterocycles. The summed E-state index contributed by atoms with van der Waals surface area (Å²) in [5.41, 5.74) is 3.59. The number of carbonyl (C=O) groups is 2. The summed E-state index contributed by atoms with van der Waals surface area (Å²) in [5, 5.41) is 17.4. The first kappa shape index (κ1) is 20.3. The minimum Gasteiger partial charge on any atom is -0.395 e. The van der Waals surface area contributed by atoms with Gasteiger partial charge in [-0.1, -0.05) is 35.4 Å². The molecule has 0 aromatic heterocycles. The first-order valence-electron chi connectivity index (χ1n) is 8.83. The monoisotopic (exact) mass is 370 g/mol. The summed E-state index contributed by atoms with van der Waals surface area (Å²) in [6.07, 6.45) is 0. The maximum Gasteiger partial charge on any atom is 0.321 e. The van der Waals surface area contributed by atoms with E-state index in [0.717, 1.165) is 11.1 Å². The smallest absolute Gasteiger partial charge is 0.321 e. The standard InChI is InChI=1S/C20H26N4O3/c1-15-3-7-17(8-4-15)22-19(26)21-11-12-24(13-14-25)20(27)23-18-9-5-16(2)6-10-18/h3-10,25H,11-14H2,1-2H3,(H,23,27)(H2,21,22,26). The summed E-state index contributed by atoms with van der Waals surface area (Å²) >= 11 is 0. The molecule has 0 atom stereocenters. The number of hydrogen-bond acceptors (Lipinski definition) is 3. The molecule has 4 amide bonds. The Kier molecular flexibility index (Phi) is 7.63. The van der Waals surface area contributed by atoms with Crippen LogP contribution < -0.4 is 16.0 Å². The summed E-state index contributed by atoms with van der Waals surface area (Å²) < 4.78 is 0. The Morgan fingerprint density at radius 3 is 1.89 bits per heavy atom. The Balaban J connectivity index is 1.80. The molecule has 0 unspecified atom stereocenters. The largest absolute Gasteiger partial charge is 0.395 e. The third-order valence-electron chi connectivity index (χ3n) is 3.94. The lowest BCUT2D eigenvalue weighted by molar-refractivity contribution is 0.188. The van der Waals surface area contributed by atoms with Gasteiger partial charge in [-0.05, 0) is 38.1 Å². The second-order valence-electron chi connectivity index (χ2n) is 6.25. The zero-order valence-corrected chi connectivity index (χ0v) is 15.7. The molecule has 0 aliphatic rings. The maximum atomic E-state index is 12.4. The summed E-state index contributed by atoms with van der Waals surface area (Å²) in [6.45, 7) is 4.51. The predicted octanol–water partition coefficient (Wildman–Crippen LogP) is 2.95. The molecule has 144 valence electrons. The molecule has 0 saturated heterocycles. The number of rotatable bonds is 7. The SMILES string of the molecule is Cc1ccc(NC(=O)NCCN(CCO)C(=O)Nc2ccc(C)cc2)cc1. The van der Waals surface area contributed by atoms with E-state index in [9.17, 15) is 14.7 Å². The van der Waals surface area contributed by atoms with Crippen LogP contribution in [0.1, 0.15) is 11.1 Å². The van der Waals surface area contributed by atoms with Crippen LogP contribution in [-0.4, -0.2) is 48.3 Å². The third kappa shape index (κ3) is 6.99. The highest BCUT2D eigenvalue weighted by molar-refractivity contribution is 5.90. The van der Waals surface area contributed by atoms with E-state index in [1.54, 1.807) is 0 Å². The van der Waals surface area contributed by atoms with E-state index in [0.29, 0.717) is 11.4 Å². The van der Waals surface area contributed by atoms with Gasteiger partial charge in [-0.15, -0.1) is 0 Å². The molecule has 0 radical (unpaired) electrons. The number of hydrogen-bond donors (Lipinski definition) is 4. The van der Waals surface area contributed by atoms with E-state index >= 15 is 0 Å². The van der Waals surface area contributed by atoms with Crippen LogP contribution in [0.15, 0.2) is 48.5 Å². The normalized spacial score (nSPS) is 10.2. The lowest BCUT2D eigenvalue weighted by atomic mass is 10.2. The van der Waals surface area contributed by atoms with Crippen LogP contribution in [0.5, 0.6) is 0 Å². The first-order valence-corrected chi connectivity index (χ1v) is 8.83. The van der Waals surface area contributed by atoms with Gasteiger partial charge >= 0.3 is 12.1 Å². The van der Waals surface area contributed by atoms with Gasteiger partial charge in [0, 0.05) is 31.0 Å². The van der Waals surface area contributed by atoms with Crippen molar-refractivity contribution in [1.82, 2.24) is 10.2 Å². The van der Waals surface area contributed by atoms with Crippen LogP contribution >= 0.6 is 0 Å². The van der Waals surface area contributed by atoms with Crippen molar-refractivity contribution in [3.8, 4) is 0 Å². The predicted molar refractivity (Wildman–Crippen MR) is 107 cm³/mol. The van der Waals surface area contributed by atoms with Gasteiger partial charge in [-0.25, -0.2) is 9.59 Å². The fraction of sp³-hybridized carbons (Fsp3) is 0.300. The van der Waals surface area contributed by atoms with Crippen LogP contribution in [0.25, 0.3) is 0 Å². The van der Waals surface area contributed by atoms with Gasteiger partial charge in [0.2, 0.25) is 0 Å². The Labute approximate surface area is 159 Å². The number of aliphatic hydroxyl groups excluding tert-OH is 1. The fourth-order valence-corrected chi connectivity index (χ4v) is 2.39. The van der Waals surface area contributed by atoms with Crippen molar-refractivity contribution >= 4 is 23.4 Å². The van der Waals surface area contributed by atoms with Crippen LogP contribution in [0, 0.1) is 13.8 Å². The summed E-state index contributed by atoms with van der Waals surface area (Å²) in [6, 6.07) is 14.2. The van der Waals surface area contributed by atoms with Crippen LogP contribution in [0.3, 0.4) is 0 Å². The van der Waals surface area contributed by atoms with E-state index in [2.05, 4.69) is 16.0 Å². The van der Waals surface area contributed by atoms with Crippen molar-refractivity contribution in [2.24, 2.45) is 0 Å². The van der Waals surface area contributed by atoms with Crippen molar-refractivity contribution in [3.63, 3.8) is 0 Å². The molecule has 27 heavy (non-hydrogen) atoms. The number of urea groups is 2. The first-order chi connectivity index (χ1) is 13.0. The maximum absolute atomic E-state index is 12.4. The Hall–Kier alpha value is -3.06. The van der Waals surface area contributed by atoms with Gasteiger partial charge in [0.25, 0.3) is 0 Å². The summed E-state index contributed by atoms with van der Waals surface area (Å²) in [7, 11) is 0. The van der Waals surface area contributed by atoms with Crippen LogP contribution in [0.2, 0.25) is 0 Å².